The summed E-state index contributed by atoms with van der Waals surface area (Å²) >= 11 is 19.0. The molecular formula is C34H28Cl3N3O2. The second-order valence-electron chi connectivity index (χ2n) is 10.3. The van der Waals surface area contributed by atoms with Gasteiger partial charge in [-0.1, -0.05) is 83.3 Å². The fraction of sp³-hybridized carbons (Fsp3) is 0.176. The maximum absolute atomic E-state index is 14.0. The second-order valence-corrected chi connectivity index (χ2v) is 11.6. The summed E-state index contributed by atoms with van der Waals surface area (Å²) in [6, 6.07) is 29.1. The Labute approximate surface area is 260 Å². The highest BCUT2D eigenvalue weighted by atomic mass is 35.5. The van der Waals surface area contributed by atoms with Gasteiger partial charge in [0.1, 0.15) is 12.4 Å². The number of nitrogens with zero attached hydrogens (tertiary/aromatic N) is 3. The van der Waals surface area contributed by atoms with E-state index in [1.807, 2.05) is 66.4 Å². The SMILES string of the molecule is Cc1c(C(=O)N2CCc3ccc(OCc4ccccc4)cc3CC2)nn(-c2ccc(Cl)cc2Cl)c1-c1ccc(Cl)cc1. The number of hydrogen-bond acceptors (Lipinski definition) is 3. The first-order chi connectivity index (χ1) is 20.4. The molecule has 1 aliphatic rings. The van der Waals surface area contributed by atoms with E-state index in [1.165, 1.54) is 11.1 Å². The number of benzene rings is 4. The number of ether oxygens (including phenoxy) is 1. The lowest BCUT2D eigenvalue weighted by Crippen LogP contribution is -2.34. The minimum absolute atomic E-state index is 0.111. The van der Waals surface area contributed by atoms with Gasteiger partial charge in [-0.3, -0.25) is 4.79 Å². The molecule has 1 amide bonds. The molecule has 212 valence electrons. The normalized spacial score (nSPS) is 13.0. The molecule has 5 nitrogen and oxygen atoms in total. The van der Waals surface area contributed by atoms with Crippen LogP contribution < -0.4 is 4.74 Å². The van der Waals surface area contributed by atoms with Gasteiger partial charge >= 0.3 is 0 Å². The molecule has 0 atom stereocenters. The van der Waals surface area contributed by atoms with Gasteiger partial charge in [-0.2, -0.15) is 5.10 Å². The van der Waals surface area contributed by atoms with Crippen molar-refractivity contribution in [2.24, 2.45) is 0 Å². The monoisotopic (exact) mass is 615 g/mol. The summed E-state index contributed by atoms with van der Waals surface area (Å²) in [4.78, 5) is 15.9. The maximum Gasteiger partial charge on any atom is 0.274 e. The van der Waals surface area contributed by atoms with Crippen LogP contribution in [0.3, 0.4) is 0 Å². The molecule has 4 aromatic carbocycles. The summed E-state index contributed by atoms with van der Waals surface area (Å²) in [6.45, 7) is 3.62. The van der Waals surface area contributed by atoms with Crippen molar-refractivity contribution in [3.05, 3.63) is 134 Å². The van der Waals surface area contributed by atoms with Crippen LogP contribution in [0.2, 0.25) is 15.1 Å². The van der Waals surface area contributed by atoms with Crippen LogP contribution >= 0.6 is 34.8 Å². The van der Waals surface area contributed by atoms with E-state index < -0.39 is 0 Å². The fourth-order valence-electron chi connectivity index (χ4n) is 5.36. The molecular weight excluding hydrogens is 589 g/mol. The van der Waals surface area contributed by atoms with Gasteiger partial charge < -0.3 is 9.64 Å². The molecule has 0 radical (unpaired) electrons. The van der Waals surface area contributed by atoms with Gasteiger partial charge in [0, 0.05) is 34.3 Å². The number of hydrogen-bond donors (Lipinski definition) is 0. The molecule has 1 aliphatic heterocycles. The Kier molecular flexibility index (Phi) is 8.25. The van der Waals surface area contributed by atoms with Gasteiger partial charge in [0.15, 0.2) is 5.69 Å². The minimum Gasteiger partial charge on any atom is -0.489 e. The zero-order chi connectivity index (χ0) is 29.2. The number of amides is 1. The van der Waals surface area contributed by atoms with Gasteiger partial charge in [0.25, 0.3) is 5.91 Å². The Morgan fingerprint density at radius 3 is 2.29 bits per heavy atom. The van der Waals surface area contributed by atoms with E-state index in [2.05, 4.69) is 24.3 Å². The topological polar surface area (TPSA) is 47.4 Å². The Balaban J connectivity index is 1.27. The Morgan fingerprint density at radius 2 is 1.55 bits per heavy atom. The van der Waals surface area contributed by atoms with E-state index in [0.717, 1.165) is 41.0 Å². The van der Waals surface area contributed by atoms with Crippen LogP contribution in [0.25, 0.3) is 16.9 Å². The van der Waals surface area contributed by atoms with Crippen molar-refractivity contribution in [2.75, 3.05) is 13.1 Å². The third-order valence-corrected chi connectivity index (χ3v) is 8.39. The zero-order valence-corrected chi connectivity index (χ0v) is 25.3. The van der Waals surface area contributed by atoms with E-state index in [9.17, 15) is 4.79 Å². The van der Waals surface area contributed by atoms with Crippen molar-refractivity contribution in [2.45, 2.75) is 26.4 Å². The van der Waals surface area contributed by atoms with Crippen molar-refractivity contribution in [1.82, 2.24) is 14.7 Å². The molecule has 0 bridgehead atoms. The van der Waals surface area contributed by atoms with E-state index in [0.29, 0.717) is 46.1 Å². The van der Waals surface area contributed by atoms with Crippen molar-refractivity contribution in [3.63, 3.8) is 0 Å². The van der Waals surface area contributed by atoms with Crippen LogP contribution in [0.5, 0.6) is 5.75 Å². The standard InChI is InChI=1S/C34H28Cl3N3O2/c1-22-32(38-40(31-14-12-28(36)20-30(31)37)33(22)25-7-10-27(35)11-8-25)34(41)39-17-15-24-9-13-29(19-26(24)16-18-39)42-21-23-5-3-2-4-6-23/h2-14,19-20H,15-18,21H2,1H3. The van der Waals surface area contributed by atoms with Gasteiger partial charge in [-0.15, -0.1) is 0 Å². The van der Waals surface area contributed by atoms with Crippen LogP contribution in [-0.4, -0.2) is 33.7 Å². The average Bonchev–Trinajstić information content (AvgIpc) is 3.18. The highest BCUT2D eigenvalue weighted by molar-refractivity contribution is 6.35. The van der Waals surface area contributed by atoms with Crippen LogP contribution in [0.4, 0.5) is 0 Å². The van der Waals surface area contributed by atoms with E-state index in [-0.39, 0.29) is 5.91 Å². The first kappa shape index (κ1) is 28.4. The van der Waals surface area contributed by atoms with Gasteiger partial charge in [-0.25, -0.2) is 4.68 Å². The Hall–Kier alpha value is -3.77. The smallest absolute Gasteiger partial charge is 0.274 e. The Bertz CT molecular complexity index is 1750. The second kappa shape index (κ2) is 12.2. The van der Waals surface area contributed by atoms with E-state index in [4.69, 9.17) is 44.6 Å². The molecule has 8 heteroatoms. The first-order valence-corrected chi connectivity index (χ1v) is 14.9. The van der Waals surface area contributed by atoms with E-state index >= 15 is 0 Å². The van der Waals surface area contributed by atoms with Gasteiger partial charge in [0.2, 0.25) is 0 Å². The van der Waals surface area contributed by atoms with Crippen LogP contribution in [-0.2, 0) is 19.4 Å². The van der Waals surface area contributed by atoms with Gasteiger partial charge in [-0.05, 0) is 78.9 Å². The number of aromatic nitrogens is 2. The summed E-state index contributed by atoms with van der Waals surface area (Å²) in [6.07, 6.45) is 1.49. The summed E-state index contributed by atoms with van der Waals surface area (Å²) in [5.74, 6) is 0.722. The molecule has 0 saturated heterocycles. The first-order valence-electron chi connectivity index (χ1n) is 13.8. The molecule has 0 spiro atoms. The largest absolute Gasteiger partial charge is 0.489 e. The third kappa shape index (κ3) is 5.91. The lowest BCUT2D eigenvalue weighted by Gasteiger charge is -2.19. The van der Waals surface area contributed by atoms with Gasteiger partial charge in [0.05, 0.1) is 16.4 Å². The number of fused-ring (bicyclic) bond motifs is 1. The number of carbonyl (C=O) groups excluding carboxylic acids is 1. The quantitative estimate of drug-likeness (QED) is 0.192. The molecule has 0 saturated carbocycles. The average molecular weight is 617 g/mol. The number of rotatable bonds is 6. The third-order valence-electron chi connectivity index (χ3n) is 7.60. The van der Waals surface area contributed by atoms with Crippen molar-refractivity contribution in [3.8, 4) is 22.7 Å². The number of carbonyl (C=O) groups is 1. The van der Waals surface area contributed by atoms with Crippen LogP contribution in [0.1, 0.15) is 32.7 Å². The maximum atomic E-state index is 14.0. The molecule has 42 heavy (non-hydrogen) atoms. The molecule has 1 aromatic heterocycles. The molecule has 0 fully saturated rings. The van der Waals surface area contributed by atoms with Crippen molar-refractivity contribution in [1.29, 1.82) is 0 Å². The highest BCUT2D eigenvalue weighted by Crippen LogP contribution is 2.34. The predicted octanol–water partition coefficient (Wildman–Crippen LogP) is 8.63. The summed E-state index contributed by atoms with van der Waals surface area (Å²) in [7, 11) is 0. The Morgan fingerprint density at radius 1 is 0.833 bits per heavy atom. The predicted molar refractivity (Wildman–Crippen MR) is 169 cm³/mol. The molecule has 5 aromatic rings. The summed E-state index contributed by atoms with van der Waals surface area (Å²) in [5, 5.41) is 6.42. The van der Waals surface area contributed by atoms with Crippen LogP contribution in [0, 0.1) is 6.92 Å². The fourth-order valence-corrected chi connectivity index (χ4v) is 5.97. The van der Waals surface area contributed by atoms with Crippen molar-refractivity contribution >= 4 is 40.7 Å². The molecule has 6 rings (SSSR count). The molecule has 0 unspecified atom stereocenters. The summed E-state index contributed by atoms with van der Waals surface area (Å²) < 4.78 is 7.79. The van der Waals surface area contributed by atoms with Crippen LogP contribution in [0.15, 0.2) is 91.0 Å². The molecule has 0 aliphatic carbocycles. The molecule has 2 heterocycles. The van der Waals surface area contributed by atoms with E-state index in [1.54, 1.807) is 16.8 Å². The highest BCUT2D eigenvalue weighted by Gasteiger charge is 2.28. The number of halogens is 3. The molecule has 0 N–H and O–H groups in total. The lowest BCUT2D eigenvalue weighted by molar-refractivity contribution is 0.0756. The zero-order valence-electron chi connectivity index (χ0n) is 23.0. The minimum atomic E-state index is -0.111. The lowest BCUT2D eigenvalue weighted by atomic mass is 10.0. The summed E-state index contributed by atoms with van der Waals surface area (Å²) in [5.41, 5.74) is 7.01. The van der Waals surface area contributed by atoms with Crippen molar-refractivity contribution < 1.29 is 9.53 Å².